The van der Waals surface area contributed by atoms with Crippen molar-refractivity contribution >= 4 is 35.3 Å². The molecule has 1 N–H and O–H groups in total. The molecule has 0 spiro atoms. The van der Waals surface area contributed by atoms with E-state index in [0.29, 0.717) is 25.6 Å². The fourth-order valence-corrected chi connectivity index (χ4v) is 11.3. The Morgan fingerprint density at radius 3 is 2.16 bits per heavy atom. The maximum atomic E-state index is 14.7. The van der Waals surface area contributed by atoms with Crippen LogP contribution in [0.25, 0.3) is 0 Å². The number of carbonyl (C=O) groups excluding carboxylic acids is 6. The molecule has 1 aromatic rings. The number of methoxy groups -OCH3 is 2. The third kappa shape index (κ3) is 12.5. The quantitative estimate of drug-likeness (QED) is 0.0847. The van der Waals surface area contributed by atoms with Crippen LogP contribution in [0, 0.1) is 29.6 Å². The lowest BCUT2D eigenvalue weighted by Crippen LogP contribution is -2.60. The van der Waals surface area contributed by atoms with Crippen LogP contribution < -0.4 is 5.32 Å². The number of Topliss-reactive ketones (excluding diaryl/α,β-unsaturated/α-hetero) is 1. The Hall–Kier alpha value is -3.94. The number of imide groups is 1. The van der Waals surface area contributed by atoms with E-state index in [2.05, 4.69) is 43.1 Å². The molecule has 1 saturated carbocycles. The van der Waals surface area contributed by atoms with E-state index in [4.69, 9.17) is 9.47 Å². The Morgan fingerprint density at radius 2 is 1.53 bits per heavy atom. The molecule has 2 bridgehead atoms. The number of ketones is 1. The number of amides is 5. The second-order valence-electron chi connectivity index (χ2n) is 19.8. The third-order valence-corrected chi connectivity index (χ3v) is 15.0. The van der Waals surface area contributed by atoms with Gasteiger partial charge in [-0.3, -0.25) is 38.6 Å². The molecule has 11 atom stereocenters. The van der Waals surface area contributed by atoms with Crippen molar-refractivity contribution < 1.29 is 38.2 Å². The summed E-state index contributed by atoms with van der Waals surface area (Å²) < 4.78 is 12.2. The van der Waals surface area contributed by atoms with Gasteiger partial charge in [0.25, 0.3) is 11.8 Å². The van der Waals surface area contributed by atoms with E-state index < -0.39 is 24.3 Å². The average molecular weight is 890 g/mol. The first-order valence-corrected chi connectivity index (χ1v) is 24.4. The molecule has 0 aromatic heterocycles. The van der Waals surface area contributed by atoms with E-state index in [1.54, 1.807) is 26.2 Å². The second kappa shape index (κ2) is 24.0. The van der Waals surface area contributed by atoms with Gasteiger partial charge in [-0.25, -0.2) is 0 Å². The highest BCUT2D eigenvalue weighted by atomic mass is 16.5. The molecule has 3 fully saturated rings. The zero-order valence-corrected chi connectivity index (χ0v) is 40.3. The number of nitrogens with zero attached hydrogens (tertiary/aromatic N) is 4. The highest BCUT2D eigenvalue weighted by molar-refractivity contribution is 6.12. The van der Waals surface area contributed by atoms with Gasteiger partial charge in [0.15, 0.2) is 0 Å². The van der Waals surface area contributed by atoms with Crippen LogP contribution in [0.1, 0.15) is 124 Å². The van der Waals surface area contributed by atoms with Crippen LogP contribution in [0.4, 0.5) is 0 Å². The van der Waals surface area contributed by atoms with E-state index >= 15 is 0 Å². The summed E-state index contributed by atoms with van der Waals surface area (Å²) in [5.74, 6) is -0.897. The first-order valence-electron chi connectivity index (χ1n) is 24.4. The minimum Gasteiger partial charge on any atom is -0.379 e. The lowest BCUT2D eigenvalue weighted by molar-refractivity contribution is -0.148. The molecule has 5 rings (SSSR count). The van der Waals surface area contributed by atoms with Gasteiger partial charge in [0, 0.05) is 64.9 Å². The van der Waals surface area contributed by atoms with Crippen molar-refractivity contribution in [3.63, 3.8) is 0 Å². The van der Waals surface area contributed by atoms with Crippen molar-refractivity contribution in [1.29, 1.82) is 0 Å². The van der Waals surface area contributed by atoms with Crippen LogP contribution >= 0.6 is 0 Å². The summed E-state index contributed by atoms with van der Waals surface area (Å²) in [6.07, 6.45) is 11.8. The summed E-state index contributed by atoms with van der Waals surface area (Å²) in [7, 11) is 5.01. The zero-order chi connectivity index (χ0) is 46.7. The molecule has 3 heterocycles. The van der Waals surface area contributed by atoms with Gasteiger partial charge in [-0.15, -0.1) is 0 Å². The van der Waals surface area contributed by atoms with Gasteiger partial charge in [0.2, 0.25) is 17.7 Å². The molecule has 5 amide bonds. The van der Waals surface area contributed by atoms with Crippen molar-refractivity contribution in [2.45, 2.75) is 167 Å². The monoisotopic (exact) mass is 890 g/mol. The third-order valence-electron chi connectivity index (χ3n) is 15.0. The normalized spacial score (nSPS) is 24.2. The number of piperidine rings is 1. The summed E-state index contributed by atoms with van der Waals surface area (Å²) in [6.45, 7) is 13.9. The Kier molecular flexibility index (Phi) is 19.2. The summed E-state index contributed by atoms with van der Waals surface area (Å²) in [5, 5.41) is 3.22. The summed E-state index contributed by atoms with van der Waals surface area (Å²) in [4.78, 5) is 88.0. The topological polar surface area (TPSA) is 146 Å². The number of nitrogens with one attached hydrogen (secondary N) is 1. The number of hydrogen-bond acceptors (Lipinski definition) is 9. The Labute approximate surface area is 383 Å². The highest BCUT2D eigenvalue weighted by Crippen LogP contribution is 2.43. The van der Waals surface area contributed by atoms with Crippen LogP contribution in [0.5, 0.6) is 0 Å². The summed E-state index contributed by atoms with van der Waals surface area (Å²) in [5.41, 5.74) is 1.21. The zero-order valence-electron chi connectivity index (χ0n) is 40.3. The molecule has 13 heteroatoms. The Bertz CT molecular complexity index is 1750. The Balaban J connectivity index is 1.19. The van der Waals surface area contributed by atoms with Crippen LogP contribution in [-0.4, -0.2) is 138 Å². The Morgan fingerprint density at radius 1 is 0.859 bits per heavy atom. The molecule has 0 unspecified atom stereocenters. The van der Waals surface area contributed by atoms with Gasteiger partial charge < -0.3 is 24.6 Å². The van der Waals surface area contributed by atoms with Crippen molar-refractivity contribution in [3.05, 3.63) is 48.0 Å². The van der Waals surface area contributed by atoms with E-state index in [1.165, 1.54) is 22.6 Å². The first kappa shape index (κ1) is 51.1. The van der Waals surface area contributed by atoms with Crippen LogP contribution in [0.3, 0.4) is 0 Å². The maximum Gasteiger partial charge on any atom is 0.253 e. The number of rotatable bonds is 26. The minimum absolute atomic E-state index is 0.0131. The fourth-order valence-electron chi connectivity index (χ4n) is 11.3. The maximum absolute atomic E-state index is 14.7. The van der Waals surface area contributed by atoms with Crippen LogP contribution in [0.2, 0.25) is 0 Å². The average Bonchev–Trinajstić information content (AvgIpc) is 4.09. The van der Waals surface area contributed by atoms with E-state index in [9.17, 15) is 28.8 Å². The SMILES string of the molecule is CC[C@H](C)[C@@H]([C@@H](CC(=O)N1CCC[C@H]1[C@H](OC)[C@@H](C)C(=O)C[C@H](C)Cc1ccccc1)OC)N(C)C(=O)[C@@H](NC(=O)[C@@H]1[C@H]2CC[C@@H](C2)N1CCCCCCN1C(=O)C=CC1=O)C(C)C. The number of likely N-dealkylation sites (tertiary alicyclic amines) is 2. The standard InChI is InChI=1S/C51H79N5O8/c1-10-35(5)47(42(63-8)32-45(60)55-28-18-21-40(55)49(64-9)36(6)41(57)30-34(4)29-37-19-14-13-15-20-37)53(7)51(62)46(33(2)3)52-50(61)48-38-22-23-39(31-38)54(48)26-16-11-12-17-27-56-43(58)24-25-44(56)59/h13-15,19-20,24-25,33-36,38-40,42,46-49H,10-12,16-18,21-23,26-32H2,1-9H3,(H,52,61)/t34-,35+,36+,38+,39+,40+,42-,46+,47+,48+,49-/m1/s1. The fraction of sp³-hybridized carbons (Fsp3) is 0.725. The number of unbranched alkanes of at least 4 members (excludes halogenated alkanes) is 3. The second-order valence-corrected chi connectivity index (χ2v) is 19.8. The van der Waals surface area contributed by atoms with Gasteiger partial charge in [-0.1, -0.05) is 91.1 Å². The molecule has 4 aliphatic rings. The largest absolute Gasteiger partial charge is 0.379 e. The minimum atomic E-state index is -0.761. The molecular formula is C51H79N5O8. The summed E-state index contributed by atoms with van der Waals surface area (Å²) >= 11 is 0. The van der Waals surface area contributed by atoms with Crippen molar-refractivity contribution in [2.24, 2.45) is 29.6 Å². The summed E-state index contributed by atoms with van der Waals surface area (Å²) in [6, 6.07) is 8.82. The number of hydrogen-bond donors (Lipinski definition) is 1. The molecule has 0 radical (unpaired) electrons. The molecular weight excluding hydrogens is 811 g/mol. The molecule has 3 aliphatic heterocycles. The van der Waals surface area contributed by atoms with Gasteiger partial charge in [0.1, 0.15) is 11.8 Å². The molecule has 1 aliphatic carbocycles. The van der Waals surface area contributed by atoms with Gasteiger partial charge in [0.05, 0.1) is 36.8 Å². The predicted octanol–water partition coefficient (Wildman–Crippen LogP) is 6.22. The van der Waals surface area contributed by atoms with Crippen LogP contribution in [0.15, 0.2) is 42.5 Å². The van der Waals surface area contributed by atoms with Crippen LogP contribution in [-0.2, 0) is 44.7 Å². The predicted molar refractivity (Wildman–Crippen MR) is 248 cm³/mol. The lowest BCUT2D eigenvalue weighted by Gasteiger charge is -2.41. The number of likely N-dealkylation sites (N-methyl/N-ethyl adjacent to an activating group) is 1. The van der Waals surface area contributed by atoms with Gasteiger partial charge >= 0.3 is 0 Å². The number of benzene rings is 1. The van der Waals surface area contributed by atoms with E-state index in [-0.39, 0.29) is 83.4 Å². The van der Waals surface area contributed by atoms with Gasteiger partial charge in [-0.05, 0) is 87.1 Å². The molecule has 2 saturated heterocycles. The number of carbonyl (C=O) groups is 6. The smallest absolute Gasteiger partial charge is 0.253 e. The molecule has 64 heavy (non-hydrogen) atoms. The number of fused-ring (bicyclic) bond motifs is 2. The van der Waals surface area contributed by atoms with E-state index in [0.717, 1.165) is 77.2 Å². The van der Waals surface area contributed by atoms with Crippen molar-refractivity contribution in [2.75, 3.05) is 40.9 Å². The lowest BCUT2D eigenvalue weighted by atomic mass is 9.86. The van der Waals surface area contributed by atoms with Gasteiger partial charge in [-0.2, -0.15) is 0 Å². The van der Waals surface area contributed by atoms with Crippen molar-refractivity contribution in [1.82, 2.24) is 24.9 Å². The first-order chi connectivity index (χ1) is 30.6. The van der Waals surface area contributed by atoms with Crippen molar-refractivity contribution in [3.8, 4) is 0 Å². The molecule has 1 aromatic carbocycles. The molecule has 13 nitrogen and oxygen atoms in total. The van der Waals surface area contributed by atoms with E-state index in [1.807, 2.05) is 43.9 Å². The number of ether oxygens (including phenoxy) is 2. The molecule has 356 valence electrons. The highest BCUT2D eigenvalue weighted by Gasteiger charge is 2.50.